The predicted molar refractivity (Wildman–Crippen MR) is 83.4 cm³/mol. The van der Waals surface area contributed by atoms with E-state index in [1.54, 1.807) is 11.3 Å². The fourth-order valence-electron chi connectivity index (χ4n) is 2.87. The summed E-state index contributed by atoms with van der Waals surface area (Å²) in [4.78, 5) is 13.9. The molecule has 0 spiro atoms. The Kier molecular flexibility index (Phi) is 4.86. The smallest absolute Gasteiger partial charge is 0.252 e. The molecular weight excluding hydrogens is 270 g/mol. The van der Waals surface area contributed by atoms with E-state index in [1.165, 1.54) is 10.4 Å². The highest BCUT2D eigenvalue weighted by atomic mass is 32.1. The maximum absolute atomic E-state index is 12.5. The van der Waals surface area contributed by atoms with Crippen molar-refractivity contribution in [2.24, 2.45) is 5.92 Å². The van der Waals surface area contributed by atoms with Gasteiger partial charge in [-0.05, 0) is 43.6 Å². The number of fused-ring (bicyclic) bond motifs is 1. The van der Waals surface area contributed by atoms with Gasteiger partial charge in [0.1, 0.15) is 0 Å². The molecule has 1 amide bonds. The summed E-state index contributed by atoms with van der Waals surface area (Å²) in [7, 11) is 0. The van der Waals surface area contributed by atoms with E-state index < -0.39 is 5.54 Å². The Morgan fingerprint density at radius 1 is 1.50 bits per heavy atom. The highest BCUT2D eigenvalue weighted by Gasteiger charge is 2.30. The molecule has 1 aromatic rings. The van der Waals surface area contributed by atoms with Crippen LogP contribution in [0.3, 0.4) is 0 Å². The summed E-state index contributed by atoms with van der Waals surface area (Å²) in [5.74, 6) is 0.703. The zero-order valence-corrected chi connectivity index (χ0v) is 13.5. The first-order chi connectivity index (χ1) is 9.55. The Labute approximate surface area is 125 Å². The lowest BCUT2D eigenvalue weighted by atomic mass is 9.88. The number of amides is 1. The van der Waals surface area contributed by atoms with E-state index in [2.05, 4.69) is 12.2 Å². The summed E-state index contributed by atoms with van der Waals surface area (Å²) in [5, 5.41) is 14.6. The van der Waals surface area contributed by atoms with Gasteiger partial charge in [-0.2, -0.15) is 0 Å². The van der Waals surface area contributed by atoms with Gasteiger partial charge < -0.3 is 10.4 Å². The van der Waals surface area contributed by atoms with Crippen LogP contribution < -0.4 is 5.32 Å². The second-order valence-corrected chi connectivity index (χ2v) is 6.96. The van der Waals surface area contributed by atoms with Gasteiger partial charge in [0.2, 0.25) is 0 Å². The van der Waals surface area contributed by atoms with Crippen molar-refractivity contribution in [1.82, 2.24) is 5.32 Å². The predicted octanol–water partition coefficient (Wildman–Crippen LogP) is 3.15. The van der Waals surface area contributed by atoms with Crippen LogP contribution in [0.15, 0.2) is 5.38 Å². The highest BCUT2D eigenvalue weighted by molar-refractivity contribution is 7.10. The molecule has 0 radical (unpaired) electrons. The summed E-state index contributed by atoms with van der Waals surface area (Å²) >= 11 is 1.71. The molecule has 0 saturated carbocycles. The maximum atomic E-state index is 12.5. The summed E-state index contributed by atoms with van der Waals surface area (Å²) in [5.41, 5.74) is 1.59. The van der Waals surface area contributed by atoms with Gasteiger partial charge in [0, 0.05) is 10.3 Å². The number of thiophene rings is 1. The van der Waals surface area contributed by atoms with Crippen molar-refractivity contribution in [2.45, 2.75) is 58.4 Å². The number of aliphatic hydroxyl groups is 1. The van der Waals surface area contributed by atoms with Crippen LogP contribution in [0.5, 0.6) is 0 Å². The molecule has 20 heavy (non-hydrogen) atoms. The SMILES string of the molecule is CCC(CC)(CO)NC(=O)c1csc2c1CCC(C)C2. The maximum Gasteiger partial charge on any atom is 0.252 e. The topological polar surface area (TPSA) is 49.3 Å². The molecule has 0 fully saturated rings. The molecule has 1 heterocycles. The van der Waals surface area contributed by atoms with E-state index in [-0.39, 0.29) is 12.5 Å². The van der Waals surface area contributed by atoms with Crippen molar-refractivity contribution in [3.8, 4) is 0 Å². The molecule has 112 valence electrons. The molecule has 0 aromatic carbocycles. The number of rotatable bonds is 5. The summed E-state index contributed by atoms with van der Waals surface area (Å²) in [6.07, 6.45) is 4.76. The molecule has 0 aliphatic heterocycles. The first kappa shape index (κ1) is 15.5. The van der Waals surface area contributed by atoms with Crippen molar-refractivity contribution < 1.29 is 9.90 Å². The van der Waals surface area contributed by atoms with E-state index in [4.69, 9.17) is 0 Å². The lowest BCUT2D eigenvalue weighted by Gasteiger charge is -2.31. The van der Waals surface area contributed by atoms with Gasteiger partial charge in [0.05, 0.1) is 17.7 Å². The van der Waals surface area contributed by atoms with Crippen LogP contribution in [-0.4, -0.2) is 23.2 Å². The first-order valence-electron chi connectivity index (χ1n) is 7.57. The van der Waals surface area contributed by atoms with Gasteiger partial charge in [-0.25, -0.2) is 0 Å². The lowest BCUT2D eigenvalue weighted by molar-refractivity contribution is 0.0817. The fraction of sp³-hybridized carbons (Fsp3) is 0.688. The van der Waals surface area contributed by atoms with Crippen LogP contribution >= 0.6 is 11.3 Å². The van der Waals surface area contributed by atoms with Crippen LogP contribution in [0.25, 0.3) is 0 Å². The molecule has 1 unspecified atom stereocenters. The minimum atomic E-state index is -0.478. The van der Waals surface area contributed by atoms with Gasteiger partial charge in [0.25, 0.3) is 5.91 Å². The lowest BCUT2D eigenvalue weighted by Crippen LogP contribution is -2.50. The van der Waals surface area contributed by atoms with Crippen LogP contribution in [-0.2, 0) is 12.8 Å². The normalized spacial score (nSPS) is 18.7. The largest absolute Gasteiger partial charge is 0.394 e. The molecule has 4 heteroatoms. The molecule has 1 atom stereocenters. The molecule has 0 saturated heterocycles. The minimum absolute atomic E-state index is 0.00486. The van der Waals surface area contributed by atoms with Gasteiger partial charge in [-0.15, -0.1) is 11.3 Å². The Morgan fingerprint density at radius 3 is 2.80 bits per heavy atom. The minimum Gasteiger partial charge on any atom is -0.394 e. The van der Waals surface area contributed by atoms with Gasteiger partial charge in [-0.3, -0.25) is 4.79 Å². The fourth-order valence-corrected chi connectivity index (χ4v) is 4.11. The van der Waals surface area contributed by atoms with E-state index in [1.807, 2.05) is 19.2 Å². The van der Waals surface area contributed by atoms with Crippen molar-refractivity contribution in [2.75, 3.05) is 6.61 Å². The molecular formula is C16H25NO2S. The summed E-state index contributed by atoms with van der Waals surface area (Å²) < 4.78 is 0. The van der Waals surface area contributed by atoms with Crippen molar-refractivity contribution >= 4 is 17.2 Å². The number of aliphatic hydroxyl groups excluding tert-OH is 1. The van der Waals surface area contributed by atoms with Crippen LogP contribution in [0.2, 0.25) is 0 Å². The number of nitrogens with one attached hydrogen (secondary N) is 1. The second-order valence-electron chi connectivity index (χ2n) is 6.00. The van der Waals surface area contributed by atoms with Crippen molar-refractivity contribution in [3.05, 3.63) is 21.4 Å². The highest BCUT2D eigenvalue weighted by Crippen LogP contribution is 2.33. The molecule has 1 aliphatic carbocycles. The molecule has 1 aromatic heterocycles. The molecule has 2 N–H and O–H groups in total. The molecule has 2 rings (SSSR count). The van der Waals surface area contributed by atoms with Gasteiger partial charge in [0.15, 0.2) is 0 Å². The molecule has 3 nitrogen and oxygen atoms in total. The quantitative estimate of drug-likeness (QED) is 0.876. The van der Waals surface area contributed by atoms with Crippen molar-refractivity contribution in [3.63, 3.8) is 0 Å². The summed E-state index contributed by atoms with van der Waals surface area (Å²) in [6.45, 7) is 6.28. The zero-order chi connectivity index (χ0) is 14.8. The summed E-state index contributed by atoms with van der Waals surface area (Å²) in [6, 6.07) is 0. The standard InChI is InChI=1S/C16H25NO2S/c1-4-16(5-2,10-18)17-15(19)13-9-20-14-8-11(3)6-7-12(13)14/h9,11,18H,4-8,10H2,1-3H3,(H,17,19). The monoisotopic (exact) mass is 295 g/mol. The molecule has 0 bridgehead atoms. The average molecular weight is 295 g/mol. The Morgan fingerprint density at radius 2 is 2.20 bits per heavy atom. The molecule has 1 aliphatic rings. The number of carbonyl (C=O) groups is 1. The van der Waals surface area contributed by atoms with Crippen LogP contribution in [0.4, 0.5) is 0 Å². The third-order valence-electron chi connectivity index (χ3n) is 4.68. The number of carbonyl (C=O) groups excluding carboxylic acids is 1. The second kappa shape index (κ2) is 6.27. The van der Waals surface area contributed by atoms with E-state index in [0.29, 0.717) is 0 Å². The third kappa shape index (κ3) is 2.91. The third-order valence-corrected chi connectivity index (χ3v) is 5.73. The van der Waals surface area contributed by atoms with Crippen LogP contribution in [0.1, 0.15) is 60.8 Å². The first-order valence-corrected chi connectivity index (χ1v) is 8.45. The average Bonchev–Trinajstić information content (AvgIpc) is 2.87. The van der Waals surface area contributed by atoms with E-state index in [9.17, 15) is 9.90 Å². The van der Waals surface area contributed by atoms with Gasteiger partial charge in [-0.1, -0.05) is 20.8 Å². The Balaban J connectivity index is 2.18. The van der Waals surface area contributed by atoms with Crippen LogP contribution in [0, 0.1) is 5.92 Å². The van der Waals surface area contributed by atoms with E-state index in [0.717, 1.165) is 43.6 Å². The Hall–Kier alpha value is -0.870. The van der Waals surface area contributed by atoms with Crippen molar-refractivity contribution in [1.29, 1.82) is 0 Å². The zero-order valence-electron chi connectivity index (χ0n) is 12.7. The van der Waals surface area contributed by atoms with E-state index >= 15 is 0 Å². The number of hydrogen-bond donors (Lipinski definition) is 2. The number of hydrogen-bond acceptors (Lipinski definition) is 3. The van der Waals surface area contributed by atoms with Gasteiger partial charge >= 0.3 is 0 Å². The Bertz CT molecular complexity index is 469.